The summed E-state index contributed by atoms with van der Waals surface area (Å²) in [5, 5.41) is 11.2. The molecule has 8 heteroatoms. The Morgan fingerprint density at radius 1 is 1.43 bits per heavy atom. The van der Waals surface area contributed by atoms with Gasteiger partial charge in [0.1, 0.15) is 6.10 Å². The Balaban J connectivity index is 1.52. The Morgan fingerprint density at radius 3 is 3.17 bits per heavy atom. The zero-order chi connectivity index (χ0) is 15.8. The van der Waals surface area contributed by atoms with Gasteiger partial charge in [-0.05, 0) is 36.4 Å². The maximum absolute atomic E-state index is 12.3. The van der Waals surface area contributed by atoms with E-state index in [-0.39, 0.29) is 18.0 Å². The molecule has 1 unspecified atom stereocenters. The summed E-state index contributed by atoms with van der Waals surface area (Å²) in [6.07, 6.45) is 1.87. The lowest BCUT2D eigenvalue weighted by Gasteiger charge is -2.02. The highest BCUT2D eigenvalue weighted by molar-refractivity contribution is 7.21. The zero-order valence-corrected chi connectivity index (χ0v) is 13.6. The first-order chi connectivity index (χ1) is 11.2. The fourth-order valence-corrected chi connectivity index (χ4v) is 3.78. The molecule has 6 nitrogen and oxygen atoms in total. The normalized spacial score (nSPS) is 17.7. The molecule has 1 amide bonds. The van der Waals surface area contributed by atoms with Crippen LogP contribution in [-0.4, -0.2) is 27.7 Å². The number of thiophene rings is 1. The van der Waals surface area contributed by atoms with E-state index in [2.05, 4.69) is 20.5 Å². The van der Waals surface area contributed by atoms with E-state index in [0.29, 0.717) is 15.7 Å². The van der Waals surface area contributed by atoms with Gasteiger partial charge in [0, 0.05) is 16.3 Å². The molecular weight excluding hydrogens is 336 g/mol. The highest BCUT2D eigenvalue weighted by atomic mass is 35.5. The van der Waals surface area contributed by atoms with Crippen LogP contribution in [0.25, 0.3) is 10.1 Å². The number of carbonyl (C=O) groups excluding carboxylic acids is 1. The van der Waals surface area contributed by atoms with E-state index in [0.717, 1.165) is 29.5 Å². The number of amides is 1. The highest BCUT2D eigenvalue weighted by Crippen LogP contribution is 2.29. The van der Waals surface area contributed by atoms with Crippen LogP contribution in [0, 0.1) is 0 Å². The van der Waals surface area contributed by atoms with Crippen molar-refractivity contribution in [2.75, 3.05) is 11.9 Å². The van der Waals surface area contributed by atoms with Gasteiger partial charge in [0.15, 0.2) is 5.82 Å². The van der Waals surface area contributed by atoms with E-state index in [1.807, 2.05) is 18.2 Å². The van der Waals surface area contributed by atoms with Crippen LogP contribution in [0.2, 0.25) is 5.02 Å². The van der Waals surface area contributed by atoms with E-state index < -0.39 is 0 Å². The Bertz CT molecular complexity index is 869. The molecule has 23 heavy (non-hydrogen) atoms. The van der Waals surface area contributed by atoms with E-state index in [1.54, 1.807) is 6.07 Å². The van der Waals surface area contributed by atoms with Crippen LogP contribution in [0.5, 0.6) is 0 Å². The second-order valence-electron chi connectivity index (χ2n) is 5.29. The number of benzene rings is 1. The van der Waals surface area contributed by atoms with Crippen molar-refractivity contribution in [3.63, 3.8) is 0 Å². The molecule has 3 aromatic rings. The van der Waals surface area contributed by atoms with E-state index >= 15 is 0 Å². The molecule has 1 saturated heterocycles. The monoisotopic (exact) mass is 348 g/mol. The van der Waals surface area contributed by atoms with Crippen molar-refractivity contribution < 1.29 is 9.53 Å². The molecule has 0 saturated carbocycles. The Morgan fingerprint density at radius 2 is 2.35 bits per heavy atom. The molecule has 3 heterocycles. The van der Waals surface area contributed by atoms with Crippen LogP contribution >= 0.6 is 22.9 Å². The molecule has 1 fully saturated rings. The van der Waals surface area contributed by atoms with Gasteiger partial charge in [0.25, 0.3) is 5.91 Å². The second kappa shape index (κ2) is 5.92. The lowest BCUT2D eigenvalue weighted by Crippen LogP contribution is -2.11. The van der Waals surface area contributed by atoms with E-state index in [9.17, 15) is 4.79 Å². The molecule has 2 aromatic heterocycles. The molecule has 1 aromatic carbocycles. The van der Waals surface area contributed by atoms with Crippen molar-refractivity contribution in [3.8, 4) is 0 Å². The zero-order valence-electron chi connectivity index (χ0n) is 12.0. The molecule has 0 radical (unpaired) electrons. The van der Waals surface area contributed by atoms with Gasteiger partial charge < -0.3 is 4.74 Å². The van der Waals surface area contributed by atoms with Crippen LogP contribution in [-0.2, 0) is 4.74 Å². The number of anilines is 1. The lowest BCUT2D eigenvalue weighted by molar-refractivity contribution is 0.102. The predicted octanol–water partition coefficient (Wildman–Crippen LogP) is 3.78. The summed E-state index contributed by atoms with van der Waals surface area (Å²) in [5.41, 5.74) is 0. The number of nitrogens with zero attached hydrogens (tertiary/aromatic N) is 2. The first-order valence-electron chi connectivity index (χ1n) is 7.23. The molecule has 0 aliphatic carbocycles. The standard InChI is InChI=1S/C15H13ClN4O2S/c16-9-4-3-8-6-12(23-11(8)7-9)14(21)18-15-17-13(19-20-15)10-2-1-5-22-10/h3-4,6-7,10H,1-2,5H2,(H2,17,18,19,20,21). The van der Waals surface area contributed by atoms with E-state index in [1.165, 1.54) is 11.3 Å². The largest absolute Gasteiger partial charge is 0.370 e. The number of hydrogen-bond acceptors (Lipinski definition) is 5. The topological polar surface area (TPSA) is 79.9 Å². The minimum Gasteiger partial charge on any atom is -0.370 e. The number of H-pyrrole nitrogens is 1. The maximum atomic E-state index is 12.3. The fraction of sp³-hybridized carbons (Fsp3) is 0.267. The SMILES string of the molecule is O=C(Nc1n[nH]c(C2CCCO2)n1)c1cc2ccc(Cl)cc2s1. The van der Waals surface area contributed by atoms with Crippen LogP contribution in [0.3, 0.4) is 0 Å². The summed E-state index contributed by atoms with van der Waals surface area (Å²) in [7, 11) is 0. The first-order valence-corrected chi connectivity index (χ1v) is 8.43. The highest BCUT2D eigenvalue weighted by Gasteiger charge is 2.22. The van der Waals surface area contributed by atoms with Crippen LogP contribution in [0.1, 0.15) is 34.4 Å². The molecule has 1 atom stereocenters. The Kier molecular flexibility index (Phi) is 3.76. The average molecular weight is 349 g/mol. The Labute approximate surface area is 140 Å². The molecular formula is C15H13ClN4O2S. The summed E-state index contributed by atoms with van der Waals surface area (Å²) >= 11 is 7.36. The van der Waals surface area contributed by atoms with Crippen molar-refractivity contribution in [1.29, 1.82) is 0 Å². The quantitative estimate of drug-likeness (QED) is 0.755. The van der Waals surface area contributed by atoms with Gasteiger partial charge in [0.2, 0.25) is 5.95 Å². The van der Waals surface area contributed by atoms with Gasteiger partial charge in [-0.25, -0.2) is 0 Å². The number of hydrogen-bond donors (Lipinski definition) is 2. The van der Waals surface area contributed by atoms with E-state index in [4.69, 9.17) is 16.3 Å². The number of halogens is 1. The number of rotatable bonds is 3. The summed E-state index contributed by atoms with van der Waals surface area (Å²) in [6.45, 7) is 0.734. The van der Waals surface area contributed by atoms with Crippen LogP contribution < -0.4 is 5.32 Å². The number of aromatic amines is 1. The molecule has 0 spiro atoms. The van der Waals surface area contributed by atoms with Gasteiger partial charge in [-0.1, -0.05) is 17.7 Å². The summed E-state index contributed by atoms with van der Waals surface area (Å²) in [6, 6.07) is 7.38. The third-order valence-corrected chi connectivity index (χ3v) is 5.00. The van der Waals surface area contributed by atoms with Gasteiger partial charge in [0.05, 0.1) is 4.88 Å². The molecule has 2 N–H and O–H groups in total. The average Bonchev–Trinajstić information content (AvgIpc) is 3.26. The number of nitrogens with one attached hydrogen (secondary N) is 2. The van der Waals surface area contributed by atoms with Crippen molar-refractivity contribution in [2.45, 2.75) is 18.9 Å². The molecule has 118 valence electrons. The number of aromatic nitrogens is 3. The lowest BCUT2D eigenvalue weighted by atomic mass is 10.2. The van der Waals surface area contributed by atoms with Gasteiger partial charge in [-0.15, -0.1) is 16.4 Å². The molecule has 1 aliphatic rings. The minimum absolute atomic E-state index is 0.0559. The Hall–Kier alpha value is -1.96. The maximum Gasteiger partial charge on any atom is 0.268 e. The molecule has 4 rings (SSSR count). The number of carbonyl (C=O) groups is 1. The second-order valence-corrected chi connectivity index (χ2v) is 6.81. The van der Waals surface area contributed by atoms with Gasteiger partial charge >= 0.3 is 0 Å². The van der Waals surface area contributed by atoms with Crippen molar-refractivity contribution >= 4 is 44.9 Å². The number of ether oxygens (including phenoxy) is 1. The third kappa shape index (κ3) is 2.95. The molecule has 0 bridgehead atoms. The van der Waals surface area contributed by atoms with Crippen molar-refractivity contribution in [3.05, 3.63) is 40.0 Å². The molecule has 1 aliphatic heterocycles. The first kappa shape index (κ1) is 14.6. The summed E-state index contributed by atoms with van der Waals surface area (Å²) in [4.78, 5) is 17.2. The van der Waals surface area contributed by atoms with Crippen molar-refractivity contribution in [1.82, 2.24) is 15.2 Å². The summed E-state index contributed by atoms with van der Waals surface area (Å²) in [5.74, 6) is 0.678. The van der Waals surface area contributed by atoms with Gasteiger partial charge in [-0.3, -0.25) is 15.2 Å². The number of fused-ring (bicyclic) bond motifs is 1. The third-order valence-electron chi connectivity index (χ3n) is 3.67. The minimum atomic E-state index is -0.236. The predicted molar refractivity (Wildman–Crippen MR) is 89.1 cm³/mol. The van der Waals surface area contributed by atoms with Gasteiger partial charge in [-0.2, -0.15) is 4.98 Å². The summed E-state index contributed by atoms with van der Waals surface area (Å²) < 4.78 is 6.51. The fourth-order valence-electron chi connectivity index (χ4n) is 2.55. The van der Waals surface area contributed by atoms with Crippen molar-refractivity contribution in [2.24, 2.45) is 0 Å². The van der Waals surface area contributed by atoms with Crippen LogP contribution in [0.15, 0.2) is 24.3 Å². The van der Waals surface area contributed by atoms with Crippen LogP contribution in [0.4, 0.5) is 5.95 Å². The smallest absolute Gasteiger partial charge is 0.268 e.